The molecule has 11 heteroatoms. The van der Waals surface area contributed by atoms with Crippen molar-refractivity contribution in [3.63, 3.8) is 0 Å². The highest BCUT2D eigenvalue weighted by atomic mass is 35.5. The first kappa shape index (κ1) is 22.6. The van der Waals surface area contributed by atoms with E-state index in [-0.39, 0.29) is 23.8 Å². The third kappa shape index (κ3) is 4.35. The maximum atomic E-state index is 13.2. The van der Waals surface area contributed by atoms with Gasteiger partial charge in [-0.25, -0.2) is 9.50 Å². The van der Waals surface area contributed by atoms with Gasteiger partial charge in [-0.2, -0.15) is 5.10 Å². The summed E-state index contributed by atoms with van der Waals surface area (Å²) in [6.45, 7) is 4.04. The number of aromatic nitrogens is 5. The summed E-state index contributed by atoms with van der Waals surface area (Å²) in [6.07, 6.45) is 4.07. The predicted octanol–water partition coefficient (Wildman–Crippen LogP) is 3.11. The lowest BCUT2D eigenvalue weighted by Gasteiger charge is -2.18. The first-order valence-electron chi connectivity index (χ1n) is 10.3. The van der Waals surface area contributed by atoms with Gasteiger partial charge in [0.1, 0.15) is 11.3 Å². The molecule has 0 saturated heterocycles. The van der Waals surface area contributed by atoms with E-state index in [1.165, 1.54) is 10.7 Å². The molecule has 1 amide bonds. The van der Waals surface area contributed by atoms with Gasteiger partial charge in [-0.05, 0) is 30.2 Å². The van der Waals surface area contributed by atoms with Crippen molar-refractivity contribution in [3.05, 3.63) is 53.4 Å². The second kappa shape index (κ2) is 9.08. The minimum atomic E-state index is -0.656. The number of rotatable bonds is 7. The number of nitrogens with one attached hydrogen (secondary N) is 1. The summed E-state index contributed by atoms with van der Waals surface area (Å²) >= 11 is 6.27. The molecule has 4 aromatic rings. The van der Waals surface area contributed by atoms with Gasteiger partial charge in [0, 0.05) is 23.0 Å². The largest absolute Gasteiger partial charge is 0.496 e. The third-order valence-electron chi connectivity index (χ3n) is 5.28. The van der Waals surface area contributed by atoms with Crippen molar-refractivity contribution in [3.8, 4) is 17.0 Å². The van der Waals surface area contributed by atoms with Crippen LogP contribution in [0.3, 0.4) is 0 Å². The molecule has 0 saturated carbocycles. The highest BCUT2D eigenvalue weighted by Gasteiger charge is 2.25. The van der Waals surface area contributed by atoms with Crippen molar-refractivity contribution in [1.29, 1.82) is 0 Å². The van der Waals surface area contributed by atoms with Gasteiger partial charge in [-0.3, -0.25) is 9.48 Å². The number of amides is 1. The van der Waals surface area contributed by atoms with Crippen LogP contribution < -0.4 is 15.8 Å². The van der Waals surface area contributed by atoms with Gasteiger partial charge in [0.25, 0.3) is 5.91 Å². The second-order valence-corrected chi connectivity index (χ2v) is 8.28. The Morgan fingerprint density at radius 2 is 2.15 bits per heavy atom. The Morgan fingerprint density at radius 3 is 2.88 bits per heavy atom. The average molecular weight is 470 g/mol. The molecule has 0 fully saturated rings. The standard InChI is InChI=1S/C22H24ClN7O3/c1-12(2)16(31)11-30-19(14-9-13(23)5-6-17(14)33-3)15(10-26-30)27-22(32)18-20(24)28-29-8-4-7-25-21(18)29/h4-10,12,16,31H,11H2,1-3H3,(H2,24,28)(H,27,32). The third-order valence-corrected chi connectivity index (χ3v) is 5.52. The lowest BCUT2D eigenvalue weighted by atomic mass is 10.1. The van der Waals surface area contributed by atoms with E-state index < -0.39 is 12.0 Å². The number of carbonyl (C=O) groups excluding carboxylic acids is 1. The summed E-state index contributed by atoms with van der Waals surface area (Å²) in [4.78, 5) is 17.4. The van der Waals surface area contributed by atoms with Gasteiger partial charge in [0.05, 0.1) is 37.3 Å². The molecule has 0 aliphatic heterocycles. The minimum Gasteiger partial charge on any atom is -0.496 e. The van der Waals surface area contributed by atoms with Crippen LogP contribution in [0.5, 0.6) is 5.75 Å². The fourth-order valence-corrected chi connectivity index (χ4v) is 3.63. The summed E-state index contributed by atoms with van der Waals surface area (Å²) in [6, 6.07) is 6.84. The van der Waals surface area contributed by atoms with Crippen LogP contribution >= 0.6 is 11.6 Å². The Kier molecular flexibility index (Phi) is 6.21. The predicted molar refractivity (Wildman–Crippen MR) is 125 cm³/mol. The number of hydrogen-bond acceptors (Lipinski definition) is 7. The molecule has 0 spiro atoms. The normalized spacial score (nSPS) is 12.3. The lowest BCUT2D eigenvalue weighted by Crippen LogP contribution is -2.23. The molecule has 0 radical (unpaired) electrons. The zero-order chi connectivity index (χ0) is 23.7. The number of hydrogen-bond donors (Lipinski definition) is 3. The van der Waals surface area contributed by atoms with Gasteiger partial charge >= 0.3 is 0 Å². The number of nitrogens with zero attached hydrogens (tertiary/aromatic N) is 5. The Morgan fingerprint density at radius 1 is 1.36 bits per heavy atom. The number of methoxy groups -OCH3 is 1. The summed E-state index contributed by atoms with van der Waals surface area (Å²) < 4.78 is 8.58. The number of nitrogens with two attached hydrogens (primary N) is 1. The Labute approximate surface area is 194 Å². The summed E-state index contributed by atoms with van der Waals surface area (Å²) in [5.41, 5.74) is 8.02. The number of halogens is 1. The number of ether oxygens (including phenoxy) is 1. The molecule has 172 valence electrons. The van der Waals surface area contributed by atoms with Crippen molar-refractivity contribution < 1.29 is 14.6 Å². The number of anilines is 2. The van der Waals surface area contributed by atoms with Crippen molar-refractivity contribution in [2.45, 2.75) is 26.5 Å². The quantitative estimate of drug-likeness (QED) is 0.378. The van der Waals surface area contributed by atoms with Crippen molar-refractivity contribution >= 4 is 34.7 Å². The molecule has 3 heterocycles. The molecule has 0 aliphatic carbocycles. The van der Waals surface area contributed by atoms with Crippen LogP contribution in [0, 0.1) is 5.92 Å². The number of carbonyl (C=O) groups is 1. The van der Waals surface area contributed by atoms with Gasteiger partial charge < -0.3 is 20.9 Å². The fraction of sp³-hybridized carbons (Fsp3) is 0.273. The molecule has 1 aromatic carbocycles. The summed E-state index contributed by atoms with van der Waals surface area (Å²) in [5, 5.41) is 22.4. The molecule has 0 aliphatic rings. The van der Waals surface area contributed by atoms with Crippen molar-refractivity contribution in [2.75, 3.05) is 18.2 Å². The van der Waals surface area contributed by atoms with E-state index in [0.717, 1.165) is 0 Å². The number of aliphatic hydroxyl groups is 1. The van der Waals surface area contributed by atoms with Crippen molar-refractivity contribution in [1.82, 2.24) is 24.4 Å². The lowest BCUT2D eigenvalue weighted by molar-refractivity contribution is 0.102. The number of aliphatic hydroxyl groups excluding tert-OH is 1. The Hall–Kier alpha value is -3.63. The molecule has 10 nitrogen and oxygen atoms in total. The molecule has 4 rings (SSSR count). The van der Waals surface area contributed by atoms with E-state index in [1.807, 2.05) is 13.8 Å². The average Bonchev–Trinajstić information content (AvgIpc) is 3.32. The SMILES string of the molecule is COc1ccc(Cl)cc1-c1c(NC(=O)c2c(N)nn3cccnc23)cnn1CC(O)C(C)C. The van der Waals surface area contributed by atoms with Crippen LogP contribution in [-0.4, -0.2) is 48.6 Å². The van der Waals surface area contributed by atoms with Crippen LogP contribution in [0.1, 0.15) is 24.2 Å². The minimum absolute atomic E-state index is 0.00556. The maximum absolute atomic E-state index is 13.2. The monoisotopic (exact) mass is 469 g/mol. The second-order valence-electron chi connectivity index (χ2n) is 7.85. The highest BCUT2D eigenvalue weighted by molar-refractivity contribution is 6.31. The first-order valence-corrected chi connectivity index (χ1v) is 10.7. The number of benzene rings is 1. The highest BCUT2D eigenvalue weighted by Crippen LogP contribution is 2.37. The van der Waals surface area contributed by atoms with E-state index in [9.17, 15) is 9.90 Å². The van der Waals surface area contributed by atoms with Crippen LogP contribution in [0.2, 0.25) is 5.02 Å². The van der Waals surface area contributed by atoms with Crippen molar-refractivity contribution in [2.24, 2.45) is 5.92 Å². The molecule has 3 aromatic heterocycles. The van der Waals surface area contributed by atoms with Crippen LogP contribution in [-0.2, 0) is 6.54 Å². The smallest absolute Gasteiger partial charge is 0.263 e. The first-order chi connectivity index (χ1) is 15.8. The molecule has 4 N–H and O–H groups in total. The Balaban J connectivity index is 1.80. The molecule has 33 heavy (non-hydrogen) atoms. The summed E-state index contributed by atoms with van der Waals surface area (Å²) in [5.74, 6) is 0.0990. The molecule has 1 atom stereocenters. The summed E-state index contributed by atoms with van der Waals surface area (Å²) in [7, 11) is 1.54. The molecule has 0 bridgehead atoms. The number of nitrogen functional groups attached to an aromatic ring is 1. The topological polar surface area (TPSA) is 133 Å². The van der Waals surface area contributed by atoms with Crippen LogP contribution in [0.4, 0.5) is 11.5 Å². The van der Waals surface area contributed by atoms with Gasteiger partial charge in [-0.15, -0.1) is 5.10 Å². The van der Waals surface area contributed by atoms with E-state index in [0.29, 0.717) is 33.4 Å². The van der Waals surface area contributed by atoms with Crippen LogP contribution in [0.15, 0.2) is 42.9 Å². The van der Waals surface area contributed by atoms with Crippen LogP contribution in [0.25, 0.3) is 16.9 Å². The van der Waals surface area contributed by atoms with E-state index in [4.69, 9.17) is 22.1 Å². The van der Waals surface area contributed by atoms with E-state index in [2.05, 4.69) is 20.5 Å². The van der Waals surface area contributed by atoms with E-state index in [1.54, 1.807) is 48.5 Å². The molecule has 1 unspecified atom stereocenters. The Bertz CT molecular complexity index is 1310. The molecular formula is C22H24ClN7O3. The number of fused-ring (bicyclic) bond motifs is 1. The van der Waals surface area contributed by atoms with E-state index >= 15 is 0 Å². The van der Waals surface area contributed by atoms with Gasteiger partial charge in [-0.1, -0.05) is 25.4 Å². The molecular weight excluding hydrogens is 446 g/mol. The van der Waals surface area contributed by atoms with Gasteiger partial charge in [0.2, 0.25) is 0 Å². The van der Waals surface area contributed by atoms with Gasteiger partial charge in [0.15, 0.2) is 11.5 Å². The zero-order valence-corrected chi connectivity index (χ0v) is 19.1. The maximum Gasteiger partial charge on any atom is 0.263 e. The fourth-order valence-electron chi connectivity index (χ4n) is 3.46. The zero-order valence-electron chi connectivity index (χ0n) is 18.4.